The summed E-state index contributed by atoms with van der Waals surface area (Å²) in [5, 5.41) is 6.23. The van der Waals surface area contributed by atoms with Crippen molar-refractivity contribution in [3.63, 3.8) is 0 Å². The topological polar surface area (TPSA) is 57.0 Å². The first kappa shape index (κ1) is 17.6. The van der Waals surface area contributed by atoms with Crippen molar-refractivity contribution in [2.24, 2.45) is 0 Å². The van der Waals surface area contributed by atoms with E-state index in [-0.39, 0.29) is 6.23 Å². The predicted molar refractivity (Wildman–Crippen MR) is 108 cm³/mol. The molecule has 1 unspecified atom stereocenters. The third-order valence-corrected chi connectivity index (χ3v) is 6.05. The van der Waals surface area contributed by atoms with Crippen LogP contribution in [0.15, 0.2) is 42.6 Å². The van der Waals surface area contributed by atoms with Crippen LogP contribution in [0.25, 0.3) is 22.2 Å². The minimum Gasteiger partial charge on any atom is -0.356 e. The highest BCUT2D eigenvalue weighted by atomic mass is 16.5. The third-order valence-electron chi connectivity index (χ3n) is 6.05. The SMILES string of the molecule is O=C1CCC(c2nn(C3CCCCO3)c3ccc(-c4ccccn4)cc23)CC1. The highest BCUT2D eigenvalue weighted by molar-refractivity contribution is 5.87. The Morgan fingerprint density at radius 1 is 1.04 bits per heavy atom. The first-order chi connectivity index (χ1) is 13.8. The summed E-state index contributed by atoms with van der Waals surface area (Å²) in [5.41, 5.74) is 4.31. The molecular formula is C23H25N3O2. The highest BCUT2D eigenvalue weighted by Gasteiger charge is 2.27. The average molecular weight is 375 g/mol. The van der Waals surface area contributed by atoms with Crippen LogP contribution in [-0.4, -0.2) is 27.2 Å². The van der Waals surface area contributed by atoms with E-state index in [1.165, 1.54) is 11.8 Å². The molecule has 1 saturated heterocycles. The van der Waals surface area contributed by atoms with Gasteiger partial charge in [-0.15, -0.1) is 0 Å². The fourth-order valence-electron chi connectivity index (χ4n) is 4.51. The molecule has 0 radical (unpaired) electrons. The molecule has 5 heteroatoms. The molecule has 0 spiro atoms. The number of carbonyl (C=O) groups excluding carboxylic acids is 1. The Kier molecular flexibility index (Phi) is 4.69. The summed E-state index contributed by atoms with van der Waals surface area (Å²) in [4.78, 5) is 16.2. The van der Waals surface area contributed by atoms with Crippen molar-refractivity contribution >= 4 is 16.7 Å². The number of benzene rings is 1. The van der Waals surface area contributed by atoms with Gasteiger partial charge < -0.3 is 4.74 Å². The van der Waals surface area contributed by atoms with Crippen molar-refractivity contribution in [1.82, 2.24) is 14.8 Å². The number of pyridine rings is 1. The minimum absolute atomic E-state index is 0.0101. The first-order valence-corrected chi connectivity index (χ1v) is 10.4. The number of carbonyl (C=O) groups is 1. The number of aromatic nitrogens is 3. The lowest BCUT2D eigenvalue weighted by Crippen LogP contribution is -2.19. The van der Waals surface area contributed by atoms with E-state index in [1.807, 2.05) is 24.4 Å². The standard InChI is InChI=1S/C23H25N3O2/c27-18-10-7-16(8-11-18)23-19-15-17(20-5-1-3-13-24-20)9-12-21(19)26(25-23)22-6-2-4-14-28-22/h1,3,5,9,12-13,15-16,22H,2,4,6-8,10-11,14H2. The normalized spacial score (nSPS) is 21.3. The molecule has 1 atom stereocenters. The molecule has 5 rings (SSSR count). The van der Waals surface area contributed by atoms with Gasteiger partial charge in [-0.2, -0.15) is 5.10 Å². The third kappa shape index (κ3) is 3.24. The maximum atomic E-state index is 11.7. The van der Waals surface area contributed by atoms with E-state index in [0.29, 0.717) is 24.5 Å². The van der Waals surface area contributed by atoms with Gasteiger partial charge in [0.1, 0.15) is 5.78 Å². The van der Waals surface area contributed by atoms with Crippen molar-refractivity contribution in [3.05, 3.63) is 48.3 Å². The molecule has 0 amide bonds. The molecule has 5 nitrogen and oxygen atoms in total. The second-order valence-electron chi connectivity index (χ2n) is 7.91. The van der Waals surface area contributed by atoms with E-state index in [4.69, 9.17) is 9.84 Å². The Morgan fingerprint density at radius 2 is 1.93 bits per heavy atom. The molecule has 28 heavy (non-hydrogen) atoms. The number of rotatable bonds is 3. The number of Topliss-reactive ketones (excluding diaryl/α,β-unsaturated/α-hetero) is 1. The lowest BCUT2D eigenvalue weighted by molar-refractivity contribution is -0.120. The van der Waals surface area contributed by atoms with Crippen LogP contribution < -0.4 is 0 Å². The largest absolute Gasteiger partial charge is 0.356 e. The Bertz CT molecular complexity index is 980. The van der Waals surface area contributed by atoms with Gasteiger partial charge in [0.05, 0.1) is 16.9 Å². The lowest BCUT2D eigenvalue weighted by Gasteiger charge is -2.24. The van der Waals surface area contributed by atoms with Crippen LogP contribution in [0.2, 0.25) is 0 Å². The van der Waals surface area contributed by atoms with Crippen LogP contribution >= 0.6 is 0 Å². The van der Waals surface area contributed by atoms with Gasteiger partial charge in [-0.3, -0.25) is 9.78 Å². The maximum absolute atomic E-state index is 11.7. The Hall–Kier alpha value is -2.53. The van der Waals surface area contributed by atoms with Crippen molar-refractivity contribution in [3.8, 4) is 11.3 Å². The number of ketones is 1. The summed E-state index contributed by atoms with van der Waals surface area (Å²) in [6.07, 6.45) is 8.25. The summed E-state index contributed by atoms with van der Waals surface area (Å²) >= 11 is 0. The van der Waals surface area contributed by atoms with Gasteiger partial charge in [0.15, 0.2) is 6.23 Å². The van der Waals surface area contributed by atoms with E-state index in [0.717, 1.165) is 54.8 Å². The zero-order chi connectivity index (χ0) is 18.9. The fourth-order valence-corrected chi connectivity index (χ4v) is 4.51. The van der Waals surface area contributed by atoms with Gasteiger partial charge in [-0.05, 0) is 56.4 Å². The average Bonchev–Trinajstić information content (AvgIpc) is 3.14. The fraction of sp³-hybridized carbons (Fsp3) is 0.435. The second-order valence-corrected chi connectivity index (χ2v) is 7.91. The van der Waals surface area contributed by atoms with Gasteiger partial charge >= 0.3 is 0 Å². The zero-order valence-corrected chi connectivity index (χ0v) is 16.0. The minimum atomic E-state index is 0.0101. The molecule has 2 fully saturated rings. The van der Waals surface area contributed by atoms with E-state index >= 15 is 0 Å². The molecule has 1 aliphatic heterocycles. The van der Waals surface area contributed by atoms with Crippen molar-refractivity contribution < 1.29 is 9.53 Å². The van der Waals surface area contributed by atoms with E-state index in [1.54, 1.807) is 0 Å². The lowest BCUT2D eigenvalue weighted by atomic mass is 9.85. The first-order valence-electron chi connectivity index (χ1n) is 10.4. The number of fused-ring (bicyclic) bond motifs is 1. The van der Waals surface area contributed by atoms with Gasteiger partial charge in [0, 0.05) is 42.5 Å². The van der Waals surface area contributed by atoms with Crippen LogP contribution in [0, 0.1) is 0 Å². The van der Waals surface area contributed by atoms with E-state index < -0.39 is 0 Å². The maximum Gasteiger partial charge on any atom is 0.150 e. The summed E-state index contributed by atoms with van der Waals surface area (Å²) < 4.78 is 8.12. The molecule has 1 aromatic carbocycles. The monoisotopic (exact) mass is 375 g/mol. The van der Waals surface area contributed by atoms with Crippen molar-refractivity contribution in [2.45, 2.75) is 57.1 Å². The highest BCUT2D eigenvalue weighted by Crippen LogP contribution is 2.38. The molecule has 144 valence electrons. The molecule has 3 aromatic rings. The van der Waals surface area contributed by atoms with Gasteiger partial charge in [0.25, 0.3) is 0 Å². The van der Waals surface area contributed by atoms with Crippen molar-refractivity contribution in [1.29, 1.82) is 0 Å². The zero-order valence-electron chi connectivity index (χ0n) is 16.0. The van der Waals surface area contributed by atoms with Crippen LogP contribution in [0.3, 0.4) is 0 Å². The number of ether oxygens (including phenoxy) is 1. The number of hydrogen-bond acceptors (Lipinski definition) is 4. The van der Waals surface area contributed by atoms with Gasteiger partial charge in [0.2, 0.25) is 0 Å². The summed E-state index contributed by atoms with van der Waals surface area (Å²) in [5.74, 6) is 0.716. The van der Waals surface area contributed by atoms with Gasteiger partial charge in [-0.25, -0.2) is 4.68 Å². The molecule has 1 aliphatic carbocycles. The quantitative estimate of drug-likeness (QED) is 0.645. The molecule has 2 aliphatic rings. The molecule has 1 saturated carbocycles. The Morgan fingerprint density at radius 3 is 2.68 bits per heavy atom. The summed E-state index contributed by atoms with van der Waals surface area (Å²) in [6, 6.07) is 12.5. The van der Waals surface area contributed by atoms with Crippen molar-refractivity contribution in [2.75, 3.05) is 6.61 Å². The summed E-state index contributed by atoms with van der Waals surface area (Å²) in [7, 11) is 0. The molecule has 3 heterocycles. The second kappa shape index (κ2) is 7.47. The summed E-state index contributed by atoms with van der Waals surface area (Å²) in [6.45, 7) is 0.797. The Labute approximate surface area is 164 Å². The van der Waals surface area contributed by atoms with Crippen LogP contribution in [0.5, 0.6) is 0 Å². The smallest absolute Gasteiger partial charge is 0.150 e. The molecule has 0 N–H and O–H groups in total. The van der Waals surface area contributed by atoms with Crippen LogP contribution in [0.1, 0.15) is 62.8 Å². The Balaban J connectivity index is 1.61. The predicted octanol–water partition coefficient (Wildman–Crippen LogP) is 5.02. The number of hydrogen-bond donors (Lipinski definition) is 0. The molecule has 0 bridgehead atoms. The van der Waals surface area contributed by atoms with Crippen LogP contribution in [-0.2, 0) is 9.53 Å². The number of nitrogens with zero attached hydrogens (tertiary/aromatic N) is 3. The molecular weight excluding hydrogens is 350 g/mol. The van der Waals surface area contributed by atoms with Crippen LogP contribution in [0.4, 0.5) is 0 Å². The van der Waals surface area contributed by atoms with Gasteiger partial charge in [-0.1, -0.05) is 12.1 Å². The molecule has 2 aromatic heterocycles. The van der Waals surface area contributed by atoms with E-state index in [2.05, 4.69) is 27.9 Å². The van der Waals surface area contributed by atoms with E-state index in [9.17, 15) is 4.79 Å².